The van der Waals surface area contributed by atoms with Gasteiger partial charge < -0.3 is 14.8 Å². The number of ether oxygens (including phenoxy) is 1. The van der Waals surface area contributed by atoms with E-state index in [0.29, 0.717) is 37.2 Å². The molecule has 2 aromatic carbocycles. The average Bonchev–Trinajstić information content (AvgIpc) is 3.00. The molecule has 0 aliphatic carbocycles. The second-order valence-corrected chi connectivity index (χ2v) is 7.55. The maximum atomic E-state index is 12.1. The fourth-order valence-electron chi connectivity index (χ4n) is 2.58. The SMILES string of the molecule is Cc1nn(-c2cc(Br)c(Oc3ccc4nc(O)[nH]c4c3)c(Br)c2)c(=O)[nH]c1=O. The molecule has 0 saturated heterocycles. The van der Waals surface area contributed by atoms with Crippen molar-refractivity contribution in [1.82, 2.24) is 24.7 Å². The molecule has 0 radical (unpaired) electrons. The normalized spacial score (nSPS) is 11.1. The standard InChI is InChI=1S/C17H11Br2N5O4/c1-7-15(25)22-17(27)24(23-7)8-4-10(18)14(11(19)5-8)28-9-2-3-12-13(6-9)21-16(26)20-12/h2-6H,1H3,(H2,20,21,26)(H,22,25,27). The van der Waals surface area contributed by atoms with Crippen LogP contribution in [0, 0.1) is 6.92 Å². The lowest BCUT2D eigenvalue weighted by Crippen LogP contribution is -2.32. The van der Waals surface area contributed by atoms with Crippen LogP contribution < -0.4 is 16.0 Å². The molecular weight excluding hydrogens is 498 g/mol. The number of imidazole rings is 1. The molecule has 142 valence electrons. The van der Waals surface area contributed by atoms with Crippen molar-refractivity contribution in [3.8, 4) is 23.2 Å². The van der Waals surface area contributed by atoms with Gasteiger partial charge in [-0.3, -0.25) is 9.78 Å². The Bertz CT molecular complexity index is 1320. The van der Waals surface area contributed by atoms with Gasteiger partial charge in [0.1, 0.15) is 11.4 Å². The quantitative estimate of drug-likeness (QED) is 0.390. The zero-order valence-electron chi connectivity index (χ0n) is 14.2. The van der Waals surface area contributed by atoms with E-state index in [-0.39, 0.29) is 11.7 Å². The first-order chi connectivity index (χ1) is 13.3. The number of nitrogens with zero attached hydrogens (tertiary/aromatic N) is 3. The van der Waals surface area contributed by atoms with Crippen molar-refractivity contribution in [3.63, 3.8) is 0 Å². The summed E-state index contributed by atoms with van der Waals surface area (Å²) in [5, 5.41) is 13.5. The molecule has 3 N–H and O–H groups in total. The molecule has 4 rings (SSSR count). The number of aromatic hydroxyl groups is 1. The zero-order valence-corrected chi connectivity index (χ0v) is 17.3. The van der Waals surface area contributed by atoms with Crippen LogP contribution >= 0.6 is 31.9 Å². The fraction of sp³-hybridized carbons (Fsp3) is 0.0588. The molecular formula is C17H11Br2N5O4. The number of rotatable bonds is 3. The van der Waals surface area contributed by atoms with Gasteiger partial charge in [0.25, 0.3) is 11.6 Å². The first kappa shape index (κ1) is 18.4. The smallest absolute Gasteiger partial charge is 0.349 e. The van der Waals surface area contributed by atoms with Gasteiger partial charge in [0.15, 0.2) is 5.75 Å². The molecule has 2 heterocycles. The summed E-state index contributed by atoms with van der Waals surface area (Å²) in [6, 6.07) is 8.25. The fourth-order valence-corrected chi connectivity index (χ4v) is 3.90. The van der Waals surface area contributed by atoms with E-state index >= 15 is 0 Å². The lowest BCUT2D eigenvalue weighted by molar-refractivity contribution is 0.438. The van der Waals surface area contributed by atoms with Crippen LogP contribution in [0.2, 0.25) is 0 Å². The second-order valence-electron chi connectivity index (χ2n) is 5.84. The highest BCUT2D eigenvalue weighted by Crippen LogP contribution is 2.39. The molecule has 0 fully saturated rings. The van der Waals surface area contributed by atoms with E-state index < -0.39 is 11.2 Å². The van der Waals surface area contributed by atoms with Gasteiger partial charge in [0.05, 0.1) is 25.7 Å². The highest BCUT2D eigenvalue weighted by molar-refractivity contribution is 9.11. The van der Waals surface area contributed by atoms with E-state index in [4.69, 9.17) is 4.74 Å². The Labute approximate surface area is 173 Å². The van der Waals surface area contributed by atoms with Crippen molar-refractivity contribution < 1.29 is 9.84 Å². The van der Waals surface area contributed by atoms with Crippen LogP contribution in [0.4, 0.5) is 0 Å². The monoisotopic (exact) mass is 507 g/mol. The van der Waals surface area contributed by atoms with Gasteiger partial charge in [0.2, 0.25) is 0 Å². The first-order valence-electron chi connectivity index (χ1n) is 7.88. The minimum atomic E-state index is -0.646. The van der Waals surface area contributed by atoms with Crippen molar-refractivity contribution in [3.05, 3.63) is 65.8 Å². The van der Waals surface area contributed by atoms with Gasteiger partial charge in [-0.05, 0) is 63.0 Å². The predicted molar refractivity (Wildman–Crippen MR) is 108 cm³/mol. The summed E-state index contributed by atoms with van der Waals surface area (Å²) in [5.74, 6) is 0.988. The van der Waals surface area contributed by atoms with E-state index in [1.807, 2.05) is 0 Å². The van der Waals surface area contributed by atoms with Crippen LogP contribution in [0.3, 0.4) is 0 Å². The van der Waals surface area contributed by atoms with Crippen LogP contribution in [0.5, 0.6) is 17.5 Å². The Kier molecular flexibility index (Phi) is 4.55. The summed E-state index contributed by atoms with van der Waals surface area (Å²) in [7, 11) is 0. The number of fused-ring (bicyclic) bond motifs is 1. The molecule has 0 bridgehead atoms. The molecule has 4 aromatic rings. The largest absolute Gasteiger partial charge is 0.480 e. The van der Waals surface area contributed by atoms with E-state index in [0.717, 1.165) is 4.68 Å². The summed E-state index contributed by atoms with van der Waals surface area (Å²) in [5.41, 5.74) is 0.662. The van der Waals surface area contributed by atoms with Crippen LogP contribution in [0.25, 0.3) is 16.7 Å². The van der Waals surface area contributed by atoms with Crippen LogP contribution in [-0.4, -0.2) is 29.8 Å². The van der Waals surface area contributed by atoms with E-state index in [2.05, 4.69) is 51.9 Å². The minimum Gasteiger partial charge on any atom is -0.480 e. The van der Waals surface area contributed by atoms with Crippen molar-refractivity contribution in [1.29, 1.82) is 0 Å². The third-order valence-corrected chi connectivity index (χ3v) is 5.06. The molecule has 11 heteroatoms. The Balaban J connectivity index is 1.74. The van der Waals surface area contributed by atoms with E-state index in [1.165, 1.54) is 6.92 Å². The number of hydrogen-bond donors (Lipinski definition) is 3. The van der Waals surface area contributed by atoms with Gasteiger partial charge in [-0.15, -0.1) is 0 Å². The number of nitrogens with one attached hydrogen (secondary N) is 2. The number of H-pyrrole nitrogens is 2. The average molecular weight is 509 g/mol. The lowest BCUT2D eigenvalue weighted by atomic mass is 10.3. The van der Waals surface area contributed by atoms with Gasteiger partial charge in [-0.1, -0.05) is 0 Å². The van der Waals surface area contributed by atoms with Gasteiger partial charge >= 0.3 is 5.69 Å². The third-order valence-electron chi connectivity index (χ3n) is 3.88. The van der Waals surface area contributed by atoms with Crippen LogP contribution in [0.1, 0.15) is 5.69 Å². The van der Waals surface area contributed by atoms with Crippen molar-refractivity contribution in [2.45, 2.75) is 6.92 Å². The van der Waals surface area contributed by atoms with E-state index in [9.17, 15) is 14.7 Å². The topological polar surface area (TPSA) is 126 Å². The molecule has 0 amide bonds. The first-order valence-corrected chi connectivity index (χ1v) is 9.46. The number of benzene rings is 2. The van der Waals surface area contributed by atoms with E-state index in [1.54, 1.807) is 30.3 Å². The Morgan fingerprint density at radius 2 is 1.82 bits per heavy atom. The molecule has 0 saturated carbocycles. The summed E-state index contributed by atoms with van der Waals surface area (Å²) in [4.78, 5) is 32.5. The summed E-state index contributed by atoms with van der Waals surface area (Å²) in [6.45, 7) is 1.51. The van der Waals surface area contributed by atoms with Gasteiger partial charge in [0, 0.05) is 6.07 Å². The molecule has 0 spiro atoms. The zero-order chi connectivity index (χ0) is 20.0. The third kappa shape index (κ3) is 3.34. The van der Waals surface area contributed by atoms with Crippen molar-refractivity contribution in [2.75, 3.05) is 0 Å². The minimum absolute atomic E-state index is 0.170. The molecule has 0 aliphatic heterocycles. The number of aromatic amines is 2. The Morgan fingerprint density at radius 3 is 2.54 bits per heavy atom. The predicted octanol–water partition coefficient (Wildman–Crippen LogP) is 3.13. The maximum Gasteiger partial charge on any atom is 0.349 e. The number of halogens is 2. The van der Waals surface area contributed by atoms with Gasteiger partial charge in [-0.2, -0.15) is 14.8 Å². The van der Waals surface area contributed by atoms with Crippen LogP contribution in [0.15, 0.2) is 48.9 Å². The molecule has 0 unspecified atom stereocenters. The molecule has 0 atom stereocenters. The summed E-state index contributed by atoms with van der Waals surface area (Å²) in [6.07, 6.45) is 0. The molecule has 2 aromatic heterocycles. The highest BCUT2D eigenvalue weighted by Gasteiger charge is 2.14. The van der Waals surface area contributed by atoms with Crippen molar-refractivity contribution >= 4 is 42.9 Å². The Morgan fingerprint density at radius 1 is 1.11 bits per heavy atom. The summed E-state index contributed by atoms with van der Waals surface area (Å²) < 4.78 is 8.14. The number of aryl methyl sites for hydroxylation is 1. The molecule has 0 aliphatic rings. The van der Waals surface area contributed by atoms with Crippen molar-refractivity contribution in [2.24, 2.45) is 0 Å². The molecule has 9 nitrogen and oxygen atoms in total. The van der Waals surface area contributed by atoms with Gasteiger partial charge in [-0.25, -0.2) is 4.79 Å². The lowest BCUT2D eigenvalue weighted by Gasteiger charge is -2.12. The summed E-state index contributed by atoms with van der Waals surface area (Å²) >= 11 is 6.87. The highest BCUT2D eigenvalue weighted by atomic mass is 79.9. The van der Waals surface area contributed by atoms with Crippen LogP contribution in [-0.2, 0) is 0 Å². The molecule has 28 heavy (non-hydrogen) atoms. The number of aromatic nitrogens is 5. The second kappa shape index (κ2) is 6.91. The number of hydrogen-bond acceptors (Lipinski definition) is 6. The maximum absolute atomic E-state index is 12.1. The Hall–Kier alpha value is -2.92.